The highest BCUT2D eigenvalue weighted by Crippen LogP contribution is 2.11. The maximum Gasteiger partial charge on any atom is 0.299 e. The summed E-state index contributed by atoms with van der Waals surface area (Å²) in [5.74, 6) is -0.234. The molecule has 0 unspecified atom stereocenters. The van der Waals surface area contributed by atoms with E-state index >= 15 is 0 Å². The Morgan fingerprint density at radius 3 is 2.79 bits per heavy atom. The van der Waals surface area contributed by atoms with Crippen molar-refractivity contribution >= 4 is 5.91 Å². The van der Waals surface area contributed by atoms with E-state index < -0.39 is 0 Å². The van der Waals surface area contributed by atoms with Crippen LogP contribution in [0.5, 0.6) is 0 Å². The molecule has 1 amide bonds. The van der Waals surface area contributed by atoms with E-state index in [9.17, 15) is 4.79 Å². The Hall–Kier alpha value is -2.21. The topological polar surface area (TPSA) is 60.2 Å². The second-order valence-corrected chi connectivity index (χ2v) is 4.33. The first-order valence-electron chi connectivity index (χ1n) is 6.27. The molecule has 6 nitrogen and oxygen atoms in total. The molecule has 3 rings (SSSR count). The molecule has 6 heteroatoms. The van der Waals surface area contributed by atoms with Crippen molar-refractivity contribution < 1.29 is 9.63 Å². The summed E-state index contributed by atoms with van der Waals surface area (Å²) in [5, 5.41) is 9.24. The summed E-state index contributed by atoms with van der Waals surface area (Å²) >= 11 is 0. The van der Waals surface area contributed by atoms with Crippen LogP contribution in [0.25, 0.3) is 5.69 Å². The van der Waals surface area contributed by atoms with Crippen molar-refractivity contribution in [1.82, 2.24) is 20.1 Å². The lowest BCUT2D eigenvalue weighted by molar-refractivity contribution is -0.144. The molecular formula is C13H14N4O2. The third kappa shape index (κ3) is 2.48. The van der Waals surface area contributed by atoms with Crippen LogP contribution in [0, 0.1) is 0 Å². The fourth-order valence-corrected chi connectivity index (χ4v) is 1.95. The van der Waals surface area contributed by atoms with Crippen LogP contribution in [0.15, 0.2) is 36.5 Å². The van der Waals surface area contributed by atoms with Gasteiger partial charge in [-0.05, 0) is 25.0 Å². The number of carbonyl (C=O) groups is 1. The third-order valence-corrected chi connectivity index (χ3v) is 2.96. The minimum Gasteiger partial charge on any atom is -0.271 e. The predicted molar refractivity (Wildman–Crippen MR) is 67.6 cm³/mol. The van der Waals surface area contributed by atoms with Gasteiger partial charge in [0, 0.05) is 6.54 Å². The number of hydrogen-bond donors (Lipinski definition) is 0. The normalized spacial score (nSPS) is 15.5. The van der Waals surface area contributed by atoms with Crippen LogP contribution < -0.4 is 0 Å². The zero-order valence-corrected chi connectivity index (χ0v) is 10.4. The van der Waals surface area contributed by atoms with Crippen LogP contribution in [-0.4, -0.2) is 39.1 Å². The van der Waals surface area contributed by atoms with E-state index in [2.05, 4.69) is 10.3 Å². The van der Waals surface area contributed by atoms with Gasteiger partial charge >= 0.3 is 0 Å². The molecule has 0 aliphatic carbocycles. The third-order valence-electron chi connectivity index (χ3n) is 2.96. The Morgan fingerprint density at radius 2 is 2.05 bits per heavy atom. The predicted octanol–water partition coefficient (Wildman–Crippen LogP) is 1.43. The van der Waals surface area contributed by atoms with E-state index in [-0.39, 0.29) is 5.91 Å². The Kier molecular flexibility index (Phi) is 3.24. The molecule has 1 fully saturated rings. The van der Waals surface area contributed by atoms with Crippen molar-refractivity contribution in [3.05, 3.63) is 42.2 Å². The summed E-state index contributed by atoms with van der Waals surface area (Å²) in [7, 11) is 0. The average Bonchev–Trinajstić information content (AvgIpc) is 2.98. The van der Waals surface area contributed by atoms with Gasteiger partial charge in [-0.3, -0.25) is 9.63 Å². The molecule has 2 aromatic rings. The van der Waals surface area contributed by atoms with Crippen LogP contribution in [0.2, 0.25) is 0 Å². The molecule has 1 saturated heterocycles. The molecule has 98 valence electrons. The molecule has 1 aliphatic heterocycles. The number of rotatable bonds is 2. The second-order valence-electron chi connectivity index (χ2n) is 4.33. The molecule has 1 aromatic carbocycles. The van der Waals surface area contributed by atoms with Gasteiger partial charge in [-0.1, -0.05) is 23.4 Å². The molecule has 0 bridgehead atoms. The molecule has 0 radical (unpaired) electrons. The number of aromatic nitrogens is 3. The number of nitrogens with zero attached hydrogens (tertiary/aromatic N) is 4. The molecule has 19 heavy (non-hydrogen) atoms. The maximum absolute atomic E-state index is 12.1. The van der Waals surface area contributed by atoms with E-state index in [1.165, 1.54) is 5.06 Å². The van der Waals surface area contributed by atoms with Crippen molar-refractivity contribution in [3.8, 4) is 5.69 Å². The van der Waals surface area contributed by atoms with Gasteiger partial charge in [-0.15, -0.1) is 5.10 Å². The van der Waals surface area contributed by atoms with E-state index in [1.807, 2.05) is 30.3 Å². The molecule has 2 heterocycles. The van der Waals surface area contributed by atoms with Gasteiger partial charge in [0.2, 0.25) is 0 Å². The lowest BCUT2D eigenvalue weighted by Gasteiger charge is -2.24. The number of benzene rings is 1. The first-order chi connectivity index (χ1) is 9.34. The first-order valence-corrected chi connectivity index (χ1v) is 6.27. The van der Waals surface area contributed by atoms with Gasteiger partial charge in [0.1, 0.15) is 0 Å². The minimum atomic E-state index is -0.234. The Balaban J connectivity index is 1.79. The lowest BCUT2D eigenvalue weighted by atomic mass is 10.3. The highest BCUT2D eigenvalue weighted by Gasteiger charge is 2.22. The Bertz CT molecular complexity index is 561. The van der Waals surface area contributed by atoms with E-state index in [0.717, 1.165) is 18.5 Å². The zero-order chi connectivity index (χ0) is 13.1. The Morgan fingerprint density at radius 1 is 1.21 bits per heavy atom. The highest BCUT2D eigenvalue weighted by atomic mass is 16.7. The summed E-state index contributed by atoms with van der Waals surface area (Å²) in [6.45, 7) is 1.19. The summed E-state index contributed by atoms with van der Waals surface area (Å²) in [6.07, 6.45) is 3.56. The monoisotopic (exact) mass is 258 g/mol. The number of hydrogen-bond acceptors (Lipinski definition) is 4. The molecule has 0 saturated carbocycles. The number of para-hydroxylation sites is 1. The van der Waals surface area contributed by atoms with Crippen molar-refractivity contribution in [1.29, 1.82) is 0 Å². The largest absolute Gasteiger partial charge is 0.299 e. The van der Waals surface area contributed by atoms with Crippen LogP contribution in [0.1, 0.15) is 23.3 Å². The minimum absolute atomic E-state index is 0.234. The van der Waals surface area contributed by atoms with Crippen LogP contribution in [0.3, 0.4) is 0 Å². The fraction of sp³-hybridized carbons (Fsp3) is 0.308. The molecule has 0 N–H and O–H groups in total. The summed E-state index contributed by atoms with van der Waals surface area (Å²) in [4.78, 5) is 17.4. The van der Waals surface area contributed by atoms with E-state index in [1.54, 1.807) is 10.9 Å². The standard InChI is InChI=1S/C13H14N4O2/c18-13(17-8-4-5-9-19-17)12-10-16(15-14-12)11-6-2-1-3-7-11/h1-3,6-7,10H,4-5,8-9H2. The van der Waals surface area contributed by atoms with Gasteiger partial charge < -0.3 is 0 Å². The summed E-state index contributed by atoms with van der Waals surface area (Å²) in [5.41, 5.74) is 1.17. The van der Waals surface area contributed by atoms with Gasteiger partial charge in [0.15, 0.2) is 5.69 Å². The smallest absolute Gasteiger partial charge is 0.271 e. The van der Waals surface area contributed by atoms with Gasteiger partial charge in [0.25, 0.3) is 5.91 Å². The van der Waals surface area contributed by atoms with E-state index in [4.69, 9.17) is 4.84 Å². The van der Waals surface area contributed by atoms with Gasteiger partial charge in [-0.2, -0.15) is 0 Å². The van der Waals surface area contributed by atoms with Gasteiger partial charge in [0.05, 0.1) is 18.5 Å². The number of carbonyl (C=O) groups excluding carboxylic acids is 1. The molecule has 1 aliphatic rings. The fourth-order valence-electron chi connectivity index (χ4n) is 1.95. The van der Waals surface area contributed by atoms with E-state index in [0.29, 0.717) is 18.8 Å². The molecular weight excluding hydrogens is 244 g/mol. The van der Waals surface area contributed by atoms with Crippen molar-refractivity contribution in [2.75, 3.05) is 13.2 Å². The lowest BCUT2D eigenvalue weighted by Crippen LogP contribution is -2.35. The van der Waals surface area contributed by atoms with Gasteiger partial charge in [-0.25, -0.2) is 9.75 Å². The first kappa shape index (κ1) is 11.9. The zero-order valence-electron chi connectivity index (χ0n) is 10.4. The maximum atomic E-state index is 12.1. The molecule has 1 aromatic heterocycles. The highest BCUT2D eigenvalue weighted by molar-refractivity contribution is 5.91. The number of hydroxylamine groups is 2. The van der Waals surface area contributed by atoms with Crippen LogP contribution >= 0.6 is 0 Å². The Labute approximate surface area is 110 Å². The van der Waals surface area contributed by atoms with Crippen molar-refractivity contribution in [2.45, 2.75) is 12.8 Å². The summed E-state index contributed by atoms with van der Waals surface area (Å²) in [6, 6.07) is 9.55. The number of amides is 1. The SMILES string of the molecule is O=C(c1cn(-c2ccccc2)nn1)N1CCCCO1. The molecule has 0 spiro atoms. The van der Waals surface area contributed by atoms with Crippen LogP contribution in [0.4, 0.5) is 0 Å². The summed E-state index contributed by atoms with van der Waals surface area (Å²) < 4.78 is 1.58. The van der Waals surface area contributed by atoms with Crippen molar-refractivity contribution in [3.63, 3.8) is 0 Å². The second kappa shape index (κ2) is 5.19. The van der Waals surface area contributed by atoms with Crippen molar-refractivity contribution in [2.24, 2.45) is 0 Å². The van der Waals surface area contributed by atoms with Crippen LogP contribution in [-0.2, 0) is 4.84 Å². The quantitative estimate of drug-likeness (QED) is 0.817. The average molecular weight is 258 g/mol. The molecule has 0 atom stereocenters.